The lowest BCUT2D eigenvalue weighted by atomic mass is 9.71. The van der Waals surface area contributed by atoms with Crippen LogP contribution in [0.3, 0.4) is 0 Å². The van der Waals surface area contributed by atoms with Gasteiger partial charge in [-0.05, 0) is 50.0 Å². The van der Waals surface area contributed by atoms with Gasteiger partial charge < -0.3 is 5.32 Å². The molecule has 26 heavy (non-hydrogen) atoms. The minimum Gasteiger partial charge on any atom is -0.349 e. The summed E-state index contributed by atoms with van der Waals surface area (Å²) in [6.45, 7) is 8.50. The number of aryl methyl sites for hydroxylation is 1. The molecule has 0 unspecified atom stereocenters. The van der Waals surface area contributed by atoms with Crippen molar-refractivity contribution in [2.24, 2.45) is 11.3 Å². The number of nitrogens with zero attached hydrogens (tertiary/aromatic N) is 1. The molecule has 3 rings (SSSR count). The van der Waals surface area contributed by atoms with E-state index in [-0.39, 0.29) is 34.0 Å². The molecule has 1 saturated carbocycles. The summed E-state index contributed by atoms with van der Waals surface area (Å²) < 4.78 is 0. The van der Waals surface area contributed by atoms with Crippen LogP contribution in [-0.4, -0.2) is 26.9 Å². The number of carbonyl (C=O) groups is 1. The Balaban J connectivity index is 1.83. The topological polar surface area (TPSA) is 108 Å². The van der Waals surface area contributed by atoms with Gasteiger partial charge in [0, 0.05) is 11.7 Å². The van der Waals surface area contributed by atoms with E-state index in [4.69, 9.17) is 0 Å². The number of H-pyrrole nitrogens is 2. The van der Waals surface area contributed by atoms with Crippen LogP contribution in [0.4, 0.5) is 0 Å². The first-order chi connectivity index (χ1) is 12.1. The van der Waals surface area contributed by atoms with E-state index in [2.05, 4.69) is 41.0 Å². The van der Waals surface area contributed by atoms with Gasteiger partial charge in [-0.2, -0.15) is 0 Å². The van der Waals surface area contributed by atoms with Crippen molar-refractivity contribution in [2.75, 3.05) is 0 Å². The second-order valence-corrected chi connectivity index (χ2v) is 8.33. The van der Waals surface area contributed by atoms with E-state index in [1.54, 1.807) is 13.0 Å². The van der Waals surface area contributed by atoms with Crippen molar-refractivity contribution in [3.8, 4) is 0 Å². The smallest absolute Gasteiger partial charge is 0.327 e. The maximum absolute atomic E-state index is 12.8. The van der Waals surface area contributed by atoms with Crippen LogP contribution in [0.15, 0.2) is 15.7 Å². The number of pyridine rings is 1. The van der Waals surface area contributed by atoms with Gasteiger partial charge in [-0.15, -0.1) is 0 Å². The molecule has 0 aromatic carbocycles. The Morgan fingerprint density at radius 2 is 1.81 bits per heavy atom. The Bertz CT molecular complexity index is 944. The third-order valence-electron chi connectivity index (χ3n) is 5.37. The minimum absolute atomic E-state index is 0.103. The molecule has 1 aliphatic rings. The molecule has 2 aromatic heterocycles. The van der Waals surface area contributed by atoms with Crippen LogP contribution >= 0.6 is 0 Å². The molecule has 1 aliphatic carbocycles. The standard InChI is InChI=1S/C19H26N4O3/c1-10-9-13(14-15(20-10)22-18(26)23-17(14)25)16(24)21-12-7-5-11(6-8-12)19(2,3)4/h9,11-12H,5-8H2,1-4H3,(H,21,24)(H2,20,22,23,25,26). The third-order valence-corrected chi connectivity index (χ3v) is 5.37. The number of nitrogens with one attached hydrogen (secondary N) is 3. The lowest BCUT2D eigenvalue weighted by Crippen LogP contribution is -2.40. The maximum Gasteiger partial charge on any atom is 0.327 e. The highest BCUT2D eigenvalue weighted by Crippen LogP contribution is 2.37. The highest BCUT2D eigenvalue weighted by molar-refractivity contribution is 6.05. The Morgan fingerprint density at radius 3 is 2.42 bits per heavy atom. The molecule has 2 aromatic rings. The van der Waals surface area contributed by atoms with Crippen LogP contribution in [-0.2, 0) is 0 Å². The van der Waals surface area contributed by atoms with E-state index in [1.165, 1.54) is 0 Å². The first-order valence-electron chi connectivity index (χ1n) is 9.10. The fraction of sp³-hybridized carbons (Fsp3) is 0.579. The van der Waals surface area contributed by atoms with E-state index in [1.807, 2.05) is 0 Å². The molecule has 0 atom stereocenters. The summed E-state index contributed by atoms with van der Waals surface area (Å²) in [5, 5.41) is 3.18. The van der Waals surface area contributed by atoms with Crippen LogP contribution in [0.1, 0.15) is 62.5 Å². The van der Waals surface area contributed by atoms with Gasteiger partial charge in [-0.1, -0.05) is 20.8 Å². The summed E-state index contributed by atoms with van der Waals surface area (Å²) >= 11 is 0. The normalized spacial score (nSPS) is 20.9. The van der Waals surface area contributed by atoms with E-state index in [0.717, 1.165) is 25.7 Å². The summed E-state index contributed by atoms with van der Waals surface area (Å²) in [4.78, 5) is 45.3. The molecule has 0 saturated heterocycles. The zero-order valence-electron chi connectivity index (χ0n) is 15.7. The number of fused-ring (bicyclic) bond motifs is 1. The lowest BCUT2D eigenvalue weighted by Gasteiger charge is -2.37. The molecule has 1 amide bonds. The lowest BCUT2D eigenvalue weighted by molar-refractivity contribution is 0.0905. The zero-order chi connectivity index (χ0) is 19.1. The van der Waals surface area contributed by atoms with Crippen LogP contribution in [0, 0.1) is 18.3 Å². The summed E-state index contributed by atoms with van der Waals surface area (Å²) in [5.74, 6) is 0.366. The van der Waals surface area contributed by atoms with Gasteiger partial charge in [0.1, 0.15) is 5.65 Å². The summed E-state index contributed by atoms with van der Waals surface area (Å²) in [6, 6.07) is 1.69. The Kier molecular flexibility index (Phi) is 4.73. The summed E-state index contributed by atoms with van der Waals surface area (Å²) in [5.41, 5.74) is 0.0148. The quantitative estimate of drug-likeness (QED) is 0.765. The zero-order valence-corrected chi connectivity index (χ0v) is 15.7. The van der Waals surface area contributed by atoms with Gasteiger partial charge >= 0.3 is 5.69 Å². The largest absolute Gasteiger partial charge is 0.349 e. The van der Waals surface area contributed by atoms with E-state index >= 15 is 0 Å². The number of aromatic amines is 2. The molecule has 0 bridgehead atoms. The Hall–Kier alpha value is -2.44. The SMILES string of the molecule is Cc1cc(C(=O)NC2CCC(C(C)(C)C)CC2)c2c(=O)[nH]c(=O)[nH]c2n1. The Labute approximate surface area is 151 Å². The second kappa shape index (κ2) is 6.70. The first-order valence-corrected chi connectivity index (χ1v) is 9.10. The molecule has 0 spiro atoms. The molecule has 3 N–H and O–H groups in total. The highest BCUT2D eigenvalue weighted by Gasteiger charge is 2.30. The maximum atomic E-state index is 12.8. The molecule has 0 radical (unpaired) electrons. The van der Waals surface area contributed by atoms with Gasteiger partial charge in [0.25, 0.3) is 11.5 Å². The molecule has 0 aliphatic heterocycles. The second-order valence-electron chi connectivity index (χ2n) is 8.33. The van der Waals surface area contributed by atoms with Gasteiger partial charge in [-0.25, -0.2) is 9.78 Å². The van der Waals surface area contributed by atoms with Crippen molar-refractivity contribution >= 4 is 16.9 Å². The molecule has 2 heterocycles. The molecular formula is C19H26N4O3. The average molecular weight is 358 g/mol. The fourth-order valence-corrected chi connectivity index (χ4v) is 3.84. The van der Waals surface area contributed by atoms with Gasteiger partial charge in [0.05, 0.1) is 10.9 Å². The molecule has 140 valence electrons. The highest BCUT2D eigenvalue weighted by atomic mass is 16.2. The van der Waals surface area contributed by atoms with Crippen LogP contribution in [0.5, 0.6) is 0 Å². The third kappa shape index (κ3) is 3.71. The monoisotopic (exact) mass is 358 g/mol. The fourth-order valence-electron chi connectivity index (χ4n) is 3.84. The average Bonchev–Trinajstić information content (AvgIpc) is 2.53. The van der Waals surface area contributed by atoms with Crippen molar-refractivity contribution in [3.05, 3.63) is 38.2 Å². The minimum atomic E-state index is -0.632. The number of hydrogen-bond acceptors (Lipinski definition) is 4. The number of hydrogen-bond donors (Lipinski definition) is 3. The van der Waals surface area contributed by atoms with Crippen molar-refractivity contribution in [2.45, 2.75) is 59.4 Å². The molecular weight excluding hydrogens is 332 g/mol. The van der Waals surface area contributed by atoms with Crippen molar-refractivity contribution in [3.63, 3.8) is 0 Å². The Morgan fingerprint density at radius 1 is 1.15 bits per heavy atom. The van der Waals surface area contributed by atoms with Crippen LogP contribution in [0.25, 0.3) is 11.0 Å². The summed E-state index contributed by atoms with van der Waals surface area (Å²) in [7, 11) is 0. The van der Waals surface area contributed by atoms with E-state index < -0.39 is 11.2 Å². The number of carbonyl (C=O) groups excluding carboxylic acids is 1. The van der Waals surface area contributed by atoms with Crippen molar-refractivity contribution in [1.29, 1.82) is 0 Å². The van der Waals surface area contributed by atoms with Crippen molar-refractivity contribution < 1.29 is 4.79 Å². The number of rotatable bonds is 2. The van der Waals surface area contributed by atoms with E-state index in [0.29, 0.717) is 11.6 Å². The predicted octanol–water partition coefficient (Wildman–Crippen LogP) is 2.25. The number of amides is 1. The van der Waals surface area contributed by atoms with Crippen LogP contribution < -0.4 is 16.6 Å². The van der Waals surface area contributed by atoms with Gasteiger partial charge in [0.15, 0.2) is 0 Å². The first kappa shape index (κ1) is 18.4. The number of aromatic nitrogens is 3. The molecule has 7 nitrogen and oxygen atoms in total. The van der Waals surface area contributed by atoms with Gasteiger partial charge in [-0.3, -0.25) is 19.6 Å². The summed E-state index contributed by atoms with van der Waals surface area (Å²) in [6.07, 6.45) is 4.03. The predicted molar refractivity (Wildman–Crippen MR) is 100 cm³/mol. The van der Waals surface area contributed by atoms with Gasteiger partial charge in [0.2, 0.25) is 0 Å². The molecule has 1 fully saturated rings. The van der Waals surface area contributed by atoms with E-state index in [9.17, 15) is 14.4 Å². The molecule has 7 heteroatoms. The van der Waals surface area contributed by atoms with Crippen molar-refractivity contribution in [1.82, 2.24) is 20.3 Å². The van der Waals surface area contributed by atoms with Crippen LogP contribution in [0.2, 0.25) is 0 Å².